The largest absolute Gasteiger partial charge is 0.399 e. The molecule has 0 aromatic heterocycles. The van der Waals surface area contributed by atoms with Gasteiger partial charge in [0, 0.05) is 5.70 Å². The average Bonchev–Trinajstić information content (AvgIpc) is 1.80. The van der Waals surface area contributed by atoms with Crippen molar-refractivity contribution >= 4 is 0 Å². The van der Waals surface area contributed by atoms with Crippen LogP contribution in [0.3, 0.4) is 0 Å². The quantitative estimate of drug-likeness (QED) is 0.519. The van der Waals surface area contributed by atoms with Gasteiger partial charge < -0.3 is 5.73 Å². The summed E-state index contributed by atoms with van der Waals surface area (Å²) in [7, 11) is 0. The second-order valence-electron chi connectivity index (χ2n) is 2.40. The third-order valence-electron chi connectivity index (χ3n) is 1.48. The van der Waals surface area contributed by atoms with Crippen LogP contribution in [0, 0.1) is 0 Å². The predicted octanol–water partition coefficient (Wildman–Crippen LogP) is 1.74. The molecule has 1 aliphatic carbocycles. The summed E-state index contributed by atoms with van der Waals surface area (Å²) in [5.74, 6) is 0. The molecule has 0 spiro atoms. The van der Waals surface area contributed by atoms with E-state index >= 15 is 0 Å². The first-order chi connectivity index (χ1) is 4.20. The number of rotatable bonds is 0. The van der Waals surface area contributed by atoms with Crippen LogP contribution in [0.4, 0.5) is 0 Å². The zero-order chi connectivity index (χ0) is 6.85. The second-order valence-corrected chi connectivity index (χ2v) is 2.40. The average molecular weight is 121 g/mol. The van der Waals surface area contributed by atoms with Crippen molar-refractivity contribution in [3.63, 3.8) is 0 Å². The van der Waals surface area contributed by atoms with Gasteiger partial charge in [-0.05, 0) is 25.0 Å². The molecule has 0 saturated carbocycles. The molecule has 0 amide bonds. The monoisotopic (exact) mass is 121 g/mol. The summed E-state index contributed by atoms with van der Waals surface area (Å²) >= 11 is 0. The zero-order valence-electron chi connectivity index (χ0n) is 5.65. The minimum atomic E-state index is 0.891. The van der Waals surface area contributed by atoms with Gasteiger partial charge in [0.05, 0.1) is 0 Å². The Balaban J connectivity index is 2.87. The van der Waals surface area contributed by atoms with E-state index in [-0.39, 0.29) is 0 Å². The molecule has 0 saturated heterocycles. The number of hydrogen-bond donors (Lipinski definition) is 1. The lowest BCUT2D eigenvalue weighted by Gasteiger charge is -2.08. The molecule has 0 aromatic carbocycles. The van der Waals surface area contributed by atoms with Crippen LogP contribution in [0.1, 0.15) is 13.3 Å². The zero-order valence-corrected chi connectivity index (χ0v) is 5.65. The fraction of sp³-hybridized carbons (Fsp3) is 0.250. The molecule has 0 aromatic rings. The van der Waals surface area contributed by atoms with Gasteiger partial charge >= 0.3 is 0 Å². The Morgan fingerprint density at radius 2 is 2.22 bits per heavy atom. The molecule has 0 heterocycles. The molecule has 0 fully saturated rings. The van der Waals surface area contributed by atoms with Gasteiger partial charge in [0.2, 0.25) is 0 Å². The number of allylic oxidation sites excluding steroid dienone is 4. The van der Waals surface area contributed by atoms with Crippen LogP contribution in [-0.2, 0) is 0 Å². The van der Waals surface area contributed by atoms with Crippen LogP contribution in [0.5, 0.6) is 0 Å². The first-order valence-corrected chi connectivity index (χ1v) is 3.01. The molecular weight excluding hydrogens is 110 g/mol. The van der Waals surface area contributed by atoms with E-state index in [2.05, 4.69) is 6.58 Å². The highest BCUT2D eigenvalue weighted by Gasteiger charge is 2.00. The van der Waals surface area contributed by atoms with Crippen LogP contribution in [0.2, 0.25) is 0 Å². The van der Waals surface area contributed by atoms with Gasteiger partial charge in [-0.2, -0.15) is 0 Å². The Hall–Kier alpha value is -0.980. The summed E-state index contributed by atoms with van der Waals surface area (Å²) in [5, 5.41) is 0. The Kier molecular flexibility index (Phi) is 1.43. The van der Waals surface area contributed by atoms with Crippen molar-refractivity contribution in [2.24, 2.45) is 5.73 Å². The summed E-state index contributed by atoms with van der Waals surface area (Å²) in [4.78, 5) is 0. The molecule has 0 radical (unpaired) electrons. The predicted molar refractivity (Wildman–Crippen MR) is 39.8 cm³/mol. The van der Waals surface area contributed by atoms with E-state index in [9.17, 15) is 0 Å². The molecule has 48 valence electrons. The van der Waals surface area contributed by atoms with Gasteiger partial charge in [-0.15, -0.1) is 0 Å². The van der Waals surface area contributed by atoms with Gasteiger partial charge in [0.25, 0.3) is 0 Å². The summed E-state index contributed by atoms with van der Waals surface area (Å²) in [6, 6.07) is 0. The summed E-state index contributed by atoms with van der Waals surface area (Å²) < 4.78 is 0. The first-order valence-electron chi connectivity index (χ1n) is 3.01. The number of nitrogens with two attached hydrogens (primary N) is 1. The molecule has 9 heavy (non-hydrogen) atoms. The normalized spacial score (nSPS) is 19.0. The van der Waals surface area contributed by atoms with E-state index in [1.165, 1.54) is 5.57 Å². The highest BCUT2D eigenvalue weighted by Crippen LogP contribution is 2.17. The summed E-state index contributed by atoms with van der Waals surface area (Å²) in [6.45, 7) is 5.85. The molecule has 2 N–H and O–H groups in total. The first kappa shape index (κ1) is 6.14. The molecule has 0 bridgehead atoms. The highest BCUT2D eigenvalue weighted by molar-refractivity contribution is 5.36. The summed E-state index contributed by atoms with van der Waals surface area (Å²) in [5.41, 5.74) is 8.85. The van der Waals surface area contributed by atoms with Crippen molar-refractivity contribution in [3.8, 4) is 0 Å². The van der Waals surface area contributed by atoms with Crippen molar-refractivity contribution in [3.05, 3.63) is 35.6 Å². The standard InChI is InChI=1S/C8H11N/c1-6-3-4-8(9)7(2)5-6/h3-4H,1,5,9H2,2H3. The molecule has 1 aliphatic rings. The molecule has 0 unspecified atom stereocenters. The van der Waals surface area contributed by atoms with E-state index in [1.807, 2.05) is 19.1 Å². The van der Waals surface area contributed by atoms with E-state index in [4.69, 9.17) is 5.73 Å². The van der Waals surface area contributed by atoms with Crippen LogP contribution in [-0.4, -0.2) is 0 Å². The van der Waals surface area contributed by atoms with Gasteiger partial charge in [-0.25, -0.2) is 0 Å². The maximum Gasteiger partial charge on any atom is 0.0306 e. The van der Waals surface area contributed by atoms with E-state index < -0.39 is 0 Å². The highest BCUT2D eigenvalue weighted by atomic mass is 14.6. The lowest BCUT2D eigenvalue weighted by molar-refractivity contribution is 1.08. The van der Waals surface area contributed by atoms with Crippen molar-refractivity contribution < 1.29 is 0 Å². The Morgan fingerprint density at radius 3 is 2.67 bits per heavy atom. The lowest BCUT2D eigenvalue weighted by Crippen LogP contribution is -2.01. The van der Waals surface area contributed by atoms with Crippen LogP contribution in [0.25, 0.3) is 0 Å². The molecule has 0 atom stereocenters. The fourth-order valence-electron chi connectivity index (χ4n) is 0.851. The SMILES string of the molecule is C=C1C=CC(N)=C(C)C1. The molecule has 0 aliphatic heterocycles. The maximum absolute atomic E-state index is 5.59. The van der Waals surface area contributed by atoms with E-state index in [1.54, 1.807) is 0 Å². The molecule has 1 nitrogen and oxygen atoms in total. The third-order valence-corrected chi connectivity index (χ3v) is 1.48. The van der Waals surface area contributed by atoms with Crippen molar-refractivity contribution in [2.75, 3.05) is 0 Å². The minimum absolute atomic E-state index is 0.891. The van der Waals surface area contributed by atoms with Crippen molar-refractivity contribution in [1.29, 1.82) is 0 Å². The Bertz CT molecular complexity index is 197. The van der Waals surface area contributed by atoms with Crippen molar-refractivity contribution in [1.82, 2.24) is 0 Å². The van der Waals surface area contributed by atoms with Gasteiger partial charge in [0.1, 0.15) is 0 Å². The second kappa shape index (κ2) is 2.09. The van der Waals surface area contributed by atoms with E-state index in [0.29, 0.717) is 0 Å². The topological polar surface area (TPSA) is 26.0 Å². The van der Waals surface area contributed by atoms with Crippen LogP contribution < -0.4 is 5.73 Å². The maximum atomic E-state index is 5.59. The third kappa shape index (κ3) is 1.22. The Morgan fingerprint density at radius 1 is 1.56 bits per heavy atom. The van der Waals surface area contributed by atoms with Crippen LogP contribution in [0.15, 0.2) is 35.6 Å². The van der Waals surface area contributed by atoms with Crippen LogP contribution >= 0.6 is 0 Å². The van der Waals surface area contributed by atoms with Gasteiger partial charge in [0.15, 0.2) is 0 Å². The lowest BCUT2D eigenvalue weighted by atomic mass is 10.0. The summed E-state index contributed by atoms with van der Waals surface area (Å²) in [6.07, 6.45) is 4.80. The Labute approximate surface area is 55.6 Å². The van der Waals surface area contributed by atoms with E-state index in [0.717, 1.165) is 17.7 Å². The number of hydrogen-bond acceptors (Lipinski definition) is 1. The minimum Gasteiger partial charge on any atom is -0.399 e. The van der Waals surface area contributed by atoms with Gasteiger partial charge in [-0.3, -0.25) is 0 Å². The fourth-order valence-corrected chi connectivity index (χ4v) is 0.851. The molecular formula is C8H11N. The smallest absolute Gasteiger partial charge is 0.0306 e. The van der Waals surface area contributed by atoms with Crippen molar-refractivity contribution in [2.45, 2.75) is 13.3 Å². The molecule has 1 heteroatoms. The van der Waals surface area contributed by atoms with Gasteiger partial charge in [-0.1, -0.05) is 18.2 Å². The molecule has 1 rings (SSSR count).